The van der Waals surface area contributed by atoms with Gasteiger partial charge in [0, 0.05) is 11.3 Å². The number of aromatic nitrogens is 2. The maximum absolute atomic E-state index is 12.5. The van der Waals surface area contributed by atoms with Crippen molar-refractivity contribution in [1.82, 2.24) is 10.2 Å². The second-order valence-corrected chi connectivity index (χ2v) is 7.60. The van der Waals surface area contributed by atoms with Gasteiger partial charge in [-0.1, -0.05) is 41.6 Å². The molecule has 3 rings (SSSR count). The molecular formula is C20H21N3O2S. The Morgan fingerprint density at radius 1 is 1.08 bits per heavy atom. The Balaban J connectivity index is 1.67. The third kappa shape index (κ3) is 4.32. The summed E-state index contributed by atoms with van der Waals surface area (Å²) < 4.78 is 5.70. The summed E-state index contributed by atoms with van der Waals surface area (Å²) in [6.07, 6.45) is 0. The number of nitrogens with zero attached hydrogens (tertiary/aromatic N) is 2. The molecule has 26 heavy (non-hydrogen) atoms. The Kier molecular flexibility index (Phi) is 5.42. The molecule has 1 amide bonds. The number of aryl methyl sites for hydroxylation is 3. The van der Waals surface area contributed by atoms with Gasteiger partial charge in [-0.25, -0.2) is 0 Å². The first-order chi connectivity index (χ1) is 12.4. The van der Waals surface area contributed by atoms with Crippen LogP contribution in [-0.2, 0) is 4.79 Å². The van der Waals surface area contributed by atoms with Crippen molar-refractivity contribution < 1.29 is 9.21 Å². The molecule has 1 heterocycles. The van der Waals surface area contributed by atoms with Gasteiger partial charge in [-0.15, -0.1) is 10.2 Å². The van der Waals surface area contributed by atoms with E-state index in [1.165, 1.54) is 11.8 Å². The van der Waals surface area contributed by atoms with Gasteiger partial charge in [0.1, 0.15) is 0 Å². The third-order valence-electron chi connectivity index (χ3n) is 3.97. The maximum atomic E-state index is 12.5. The highest BCUT2D eigenvalue weighted by Crippen LogP contribution is 2.27. The number of carbonyl (C=O) groups excluding carboxylic acids is 1. The second-order valence-electron chi connectivity index (χ2n) is 6.31. The summed E-state index contributed by atoms with van der Waals surface area (Å²) in [6, 6.07) is 13.8. The van der Waals surface area contributed by atoms with Gasteiger partial charge in [0.2, 0.25) is 11.8 Å². The van der Waals surface area contributed by atoms with E-state index in [0.717, 1.165) is 27.9 Å². The molecule has 0 unspecified atom stereocenters. The number of nitrogens with one attached hydrogen (secondary N) is 1. The number of anilines is 1. The Bertz CT molecular complexity index is 936. The lowest BCUT2D eigenvalue weighted by atomic mass is 10.1. The van der Waals surface area contributed by atoms with Crippen LogP contribution in [0, 0.1) is 20.8 Å². The van der Waals surface area contributed by atoms with Gasteiger partial charge < -0.3 is 9.73 Å². The molecule has 1 aromatic heterocycles. The monoisotopic (exact) mass is 367 g/mol. The minimum atomic E-state index is -0.360. The molecule has 5 nitrogen and oxygen atoms in total. The van der Waals surface area contributed by atoms with Crippen LogP contribution in [0.1, 0.15) is 23.6 Å². The molecule has 0 aliphatic rings. The Morgan fingerprint density at radius 2 is 1.85 bits per heavy atom. The summed E-state index contributed by atoms with van der Waals surface area (Å²) >= 11 is 1.25. The lowest BCUT2D eigenvalue weighted by molar-refractivity contribution is -0.115. The zero-order valence-electron chi connectivity index (χ0n) is 15.2. The zero-order chi connectivity index (χ0) is 18.7. The number of amides is 1. The predicted molar refractivity (Wildman–Crippen MR) is 104 cm³/mol. The SMILES string of the molecule is Cc1cccc(-c2nnc(S[C@H](C)C(=O)Nc3cc(C)ccc3C)o2)c1. The highest BCUT2D eigenvalue weighted by Gasteiger charge is 2.19. The number of benzene rings is 2. The molecule has 0 fully saturated rings. The average Bonchev–Trinajstić information content (AvgIpc) is 3.06. The summed E-state index contributed by atoms with van der Waals surface area (Å²) in [5, 5.41) is 11.1. The molecule has 1 N–H and O–H groups in total. The quantitative estimate of drug-likeness (QED) is 0.657. The van der Waals surface area contributed by atoms with Crippen molar-refractivity contribution in [3.63, 3.8) is 0 Å². The van der Waals surface area contributed by atoms with E-state index in [9.17, 15) is 4.79 Å². The van der Waals surface area contributed by atoms with E-state index in [4.69, 9.17) is 4.42 Å². The highest BCUT2D eigenvalue weighted by molar-refractivity contribution is 8.00. The van der Waals surface area contributed by atoms with Crippen molar-refractivity contribution in [2.24, 2.45) is 0 Å². The van der Waals surface area contributed by atoms with E-state index >= 15 is 0 Å². The molecule has 0 aliphatic heterocycles. The first-order valence-corrected chi connectivity index (χ1v) is 9.25. The molecule has 134 valence electrons. The van der Waals surface area contributed by atoms with Crippen molar-refractivity contribution in [1.29, 1.82) is 0 Å². The third-order valence-corrected chi connectivity index (χ3v) is 4.90. The van der Waals surface area contributed by atoms with E-state index < -0.39 is 0 Å². The Hall–Kier alpha value is -2.60. The van der Waals surface area contributed by atoms with E-state index in [-0.39, 0.29) is 11.2 Å². The van der Waals surface area contributed by atoms with Crippen molar-refractivity contribution >= 4 is 23.4 Å². The summed E-state index contributed by atoms with van der Waals surface area (Å²) in [5.41, 5.74) is 4.95. The molecule has 0 spiro atoms. The molecule has 0 bridgehead atoms. The van der Waals surface area contributed by atoms with Gasteiger partial charge in [-0.3, -0.25) is 4.79 Å². The first kappa shape index (κ1) is 18.2. The smallest absolute Gasteiger partial charge is 0.277 e. The minimum Gasteiger partial charge on any atom is -0.411 e. The number of carbonyl (C=O) groups is 1. The summed E-state index contributed by atoms with van der Waals surface area (Å²) in [7, 11) is 0. The lowest BCUT2D eigenvalue weighted by Gasteiger charge is -2.12. The highest BCUT2D eigenvalue weighted by atomic mass is 32.2. The first-order valence-electron chi connectivity index (χ1n) is 8.37. The van der Waals surface area contributed by atoms with Crippen LogP contribution in [0.2, 0.25) is 0 Å². The number of thioether (sulfide) groups is 1. The summed E-state index contributed by atoms with van der Waals surface area (Å²) in [5.74, 6) is 0.359. The van der Waals surface area contributed by atoms with Gasteiger partial charge >= 0.3 is 0 Å². The molecule has 1 atom stereocenters. The van der Waals surface area contributed by atoms with E-state index in [2.05, 4.69) is 15.5 Å². The van der Waals surface area contributed by atoms with Crippen molar-refractivity contribution in [3.8, 4) is 11.5 Å². The van der Waals surface area contributed by atoms with Crippen LogP contribution in [-0.4, -0.2) is 21.4 Å². The van der Waals surface area contributed by atoms with Gasteiger partial charge in [0.25, 0.3) is 5.22 Å². The number of hydrogen-bond acceptors (Lipinski definition) is 5. The van der Waals surface area contributed by atoms with Crippen LogP contribution >= 0.6 is 11.8 Å². The van der Waals surface area contributed by atoms with Crippen LogP contribution in [0.15, 0.2) is 52.1 Å². The Morgan fingerprint density at radius 3 is 2.62 bits per heavy atom. The number of hydrogen-bond donors (Lipinski definition) is 1. The fourth-order valence-corrected chi connectivity index (χ4v) is 3.15. The lowest BCUT2D eigenvalue weighted by Crippen LogP contribution is -2.22. The molecule has 0 aliphatic carbocycles. The van der Waals surface area contributed by atoms with Crippen molar-refractivity contribution in [2.75, 3.05) is 5.32 Å². The van der Waals surface area contributed by atoms with Crippen LogP contribution in [0.25, 0.3) is 11.5 Å². The van der Waals surface area contributed by atoms with Crippen LogP contribution in [0.3, 0.4) is 0 Å². The van der Waals surface area contributed by atoms with Crippen LogP contribution in [0.4, 0.5) is 5.69 Å². The van der Waals surface area contributed by atoms with Gasteiger partial charge in [0.15, 0.2) is 0 Å². The predicted octanol–water partition coefficient (Wildman–Crippen LogP) is 4.78. The topological polar surface area (TPSA) is 68.0 Å². The van der Waals surface area contributed by atoms with Crippen LogP contribution in [0.5, 0.6) is 0 Å². The van der Waals surface area contributed by atoms with Crippen molar-refractivity contribution in [2.45, 2.75) is 38.2 Å². The fourth-order valence-electron chi connectivity index (χ4n) is 2.46. The van der Waals surface area contributed by atoms with Gasteiger partial charge in [-0.05, 0) is 57.0 Å². The summed E-state index contributed by atoms with van der Waals surface area (Å²) in [4.78, 5) is 12.5. The molecule has 3 aromatic rings. The van der Waals surface area contributed by atoms with Gasteiger partial charge in [-0.2, -0.15) is 0 Å². The van der Waals surface area contributed by atoms with E-state index in [1.807, 2.05) is 70.2 Å². The molecule has 0 radical (unpaired) electrons. The largest absolute Gasteiger partial charge is 0.411 e. The zero-order valence-corrected chi connectivity index (χ0v) is 16.1. The average molecular weight is 367 g/mol. The molecular weight excluding hydrogens is 346 g/mol. The number of rotatable bonds is 5. The minimum absolute atomic E-state index is 0.0981. The van der Waals surface area contributed by atoms with Gasteiger partial charge in [0.05, 0.1) is 5.25 Å². The molecule has 6 heteroatoms. The summed E-state index contributed by atoms with van der Waals surface area (Å²) in [6.45, 7) is 7.80. The van der Waals surface area contributed by atoms with Crippen molar-refractivity contribution in [3.05, 3.63) is 59.2 Å². The maximum Gasteiger partial charge on any atom is 0.277 e. The normalized spacial score (nSPS) is 12.0. The van der Waals surface area contributed by atoms with E-state index in [0.29, 0.717) is 11.1 Å². The Labute approximate surface area is 157 Å². The second kappa shape index (κ2) is 7.74. The van der Waals surface area contributed by atoms with Crippen LogP contribution < -0.4 is 5.32 Å². The fraction of sp³-hybridized carbons (Fsp3) is 0.250. The van der Waals surface area contributed by atoms with E-state index in [1.54, 1.807) is 0 Å². The molecule has 0 saturated carbocycles. The molecule has 0 saturated heterocycles. The molecule has 2 aromatic carbocycles. The standard InChI is InChI=1S/C20H21N3O2S/c1-12-6-5-7-16(10-12)19-22-23-20(25-19)26-15(4)18(24)21-17-11-13(2)8-9-14(17)3/h5-11,15H,1-4H3,(H,21,24)/t15-/m1/s1.